The number of carbonyl (C=O) groups excluding carboxylic acids is 1. The first kappa shape index (κ1) is 15.5. The molecule has 0 heterocycles. The van der Waals surface area contributed by atoms with Gasteiger partial charge in [-0.25, -0.2) is 0 Å². The summed E-state index contributed by atoms with van der Waals surface area (Å²) in [6.07, 6.45) is 21.6. The minimum atomic E-state index is 0.489. The Hall–Kier alpha value is -0.590. The van der Waals surface area contributed by atoms with E-state index in [4.69, 9.17) is 0 Å². The molecule has 0 spiro atoms. The molecule has 0 unspecified atom stereocenters. The van der Waals surface area contributed by atoms with E-state index in [0.29, 0.717) is 5.78 Å². The molecule has 0 aromatic carbocycles. The van der Waals surface area contributed by atoms with Crippen molar-refractivity contribution in [2.45, 2.75) is 89.9 Å². The number of hydrogen-bond donors (Lipinski definition) is 0. The summed E-state index contributed by atoms with van der Waals surface area (Å²) >= 11 is 0. The molecule has 0 N–H and O–H groups in total. The van der Waals surface area contributed by atoms with Gasteiger partial charge in [0.1, 0.15) is 5.78 Å². The molecule has 0 radical (unpaired) electrons. The van der Waals surface area contributed by atoms with Gasteiger partial charge in [0.25, 0.3) is 0 Å². The third-order valence-electron chi connectivity index (χ3n) is 3.82. The summed E-state index contributed by atoms with van der Waals surface area (Å²) in [5, 5.41) is 0. The first-order valence-electron chi connectivity index (χ1n) is 8.06. The summed E-state index contributed by atoms with van der Waals surface area (Å²) in [6.45, 7) is 0. The molecule has 0 aliphatic heterocycles. The van der Waals surface area contributed by atoms with E-state index in [1.807, 2.05) is 0 Å². The number of carbonyl (C=O) groups is 1. The van der Waals surface area contributed by atoms with E-state index in [0.717, 1.165) is 32.1 Å². The molecule has 0 aromatic rings. The van der Waals surface area contributed by atoms with Gasteiger partial charge >= 0.3 is 0 Å². The van der Waals surface area contributed by atoms with Crippen LogP contribution in [0.25, 0.3) is 0 Å². The highest BCUT2D eigenvalue weighted by Crippen LogP contribution is 2.13. The first-order valence-corrected chi connectivity index (χ1v) is 8.06. The van der Waals surface area contributed by atoms with Crippen LogP contribution >= 0.6 is 0 Å². The Morgan fingerprint density at radius 1 is 0.556 bits per heavy atom. The fourth-order valence-electron chi connectivity index (χ4n) is 2.59. The predicted molar refractivity (Wildman–Crippen MR) is 78.8 cm³/mol. The molecular formula is C17H30O. The van der Waals surface area contributed by atoms with Crippen LogP contribution in [0.5, 0.6) is 0 Å². The van der Waals surface area contributed by atoms with Gasteiger partial charge in [0.15, 0.2) is 0 Å². The van der Waals surface area contributed by atoms with E-state index in [1.54, 1.807) is 0 Å². The zero-order valence-corrected chi connectivity index (χ0v) is 12.0. The molecule has 0 aromatic heterocycles. The monoisotopic (exact) mass is 250 g/mol. The summed E-state index contributed by atoms with van der Waals surface area (Å²) in [5.41, 5.74) is 0. The van der Waals surface area contributed by atoms with E-state index in [9.17, 15) is 4.79 Å². The van der Waals surface area contributed by atoms with E-state index >= 15 is 0 Å². The number of allylic oxidation sites excluding steroid dienone is 2. The number of ketones is 1. The number of hydrogen-bond acceptors (Lipinski definition) is 1. The van der Waals surface area contributed by atoms with Gasteiger partial charge in [-0.3, -0.25) is 4.79 Å². The summed E-state index contributed by atoms with van der Waals surface area (Å²) < 4.78 is 0. The van der Waals surface area contributed by atoms with Gasteiger partial charge in [-0.05, 0) is 38.5 Å². The van der Waals surface area contributed by atoms with Gasteiger partial charge in [-0.15, -0.1) is 0 Å². The average Bonchev–Trinajstić information content (AvgIpc) is 2.37. The van der Waals surface area contributed by atoms with Crippen LogP contribution in [0, 0.1) is 0 Å². The topological polar surface area (TPSA) is 17.1 Å². The van der Waals surface area contributed by atoms with Gasteiger partial charge in [0, 0.05) is 12.8 Å². The van der Waals surface area contributed by atoms with Crippen molar-refractivity contribution < 1.29 is 4.79 Å². The summed E-state index contributed by atoms with van der Waals surface area (Å²) in [4.78, 5) is 11.6. The molecule has 0 bridgehead atoms. The Labute approximate surface area is 113 Å². The van der Waals surface area contributed by atoms with E-state index in [-0.39, 0.29) is 0 Å². The molecule has 104 valence electrons. The SMILES string of the molecule is O=C1CCCC/C=C\CCCCCCCCCC1. The van der Waals surface area contributed by atoms with Crippen molar-refractivity contribution in [2.75, 3.05) is 0 Å². The van der Waals surface area contributed by atoms with Crippen LogP contribution in [0.3, 0.4) is 0 Å². The molecule has 18 heavy (non-hydrogen) atoms. The molecule has 1 nitrogen and oxygen atoms in total. The second kappa shape index (κ2) is 11.5. The lowest BCUT2D eigenvalue weighted by molar-refractivity contribution is -0.119. The largest absolute Gasteiger partial charge is 0.300 e. The highest BCUT2D eigenvalue weighted by Gasteiger charge is 2.01. The molecule has 1 aliphatic carbocycles. The highest BCUT2D eigenvalue weighted by molar-refractivity contribution is 5.78. The molecule has 0 amide bonds. The Balaban J connectivity index is 2.17. The summed E-state index contributed by atoms with van der Waals surface area (Å²) in [6, 6.07) is 0. The fraction of sp³-hybridized carbons (Fsp3) is 0.824. The van der Waals surface area contributed by atoms with E-state index in [1.165, 1.54) is 57.8 Å². The lowest BCUT2D eigenvalue weighted by atomic mass is 10.0. The van der Waals surface area contributed by atoms with Gasteiger partial charge in [0.05, 0.1) is 0 Å². The standard InChI is InChI=1S/C17H30O/c18-17-15-13-11-9-7-5-3-1-2-4-6-8-10-12-14-16-17/h5,7H,1-4,6,8-16H2/b7-5-. The van der Waals surface area contributed by atoms with Crippen molar-refractivity contribution in [1.82, 2.24) is 0 Å². The fourth-order valence-corrected chi connectivity index (χ4v) is 2.59. The molecule has 0 fully saturated rings. The lowest BCUT2D eigenvalue weighted by Crippen LogP contribution is -1.97. The average molecular weight is 250 g/mol. The summed E-state index contributed by atoms with van der Waals surface area (Å²) in [7, 11) is 0. The van der Waals surface area contributed by atoms with Gasteiger partial charge < -0.3 is 0 Å². The first-order chi connectivity index (χ1) is 8.89. The quantitative estimate of drug-likeness (QED) is 0.512. The van der Waals surface area contributed by atoms with Crippen LogP contribution in [-0.2, 0) is 4.79 Å². The minimum Gasteiger partial charge on any atom is -0.300 e. The molecule has 0 saturated carbocycles. The van der Waals surface area contributed by atoms with Crippen LogP contribution in [-0.4, -0.2) is 5.78 Å². The second-order valence-corrected chi connectivity index (χ2v) is 5.62. The van der Waals surface area contributed by atoms with Crippen LogP contribution in [0.1, 0.15) is 89.9 Å². The van der Waals surface area contributed by atoms with Gasteiger partial charge in [-0.1, -0.05) is 50.7 Å². The maximum Gasteiger partial charge on any atom is 0.132 e. The molecule has 1 aliphatic rings. The van der Waals surface area contributed by atoms with Crippen molar-refractivity contribution in [1.29, 1.82) is 0 Å². The minimum absolute atomic E-state index is 0.489. The molecule has 1 rings (SSSR count). The normalized spacial score (nSPS) is 24.3. The molecule has 0 saturated heterocycles. The van der Waals surface area contributed by atoms with Crippen molar-refractivity contribution >= 4 is 5.78 Å². The summed E-state index contributed by atoms with van der Waals surface area (Å²) in [5.74, 6) is 0.489. The number of Topliss-reactive ketones (excluding diaryl/α,β-unsaturated/α-hetero) is 1. The Bertz CT molecular complexity index is 230. The highest BCUT2D eigenvalue weighted by atomic mass is 16.1. The van der Waals surface area contributed by atoms with Crippen molar-refractivity contribution in [2.24, 2.45) is 0 Å². The third-order valence-corrected chi connectivity index (χ3v) is 3.82. The predicted octanol–water partition coefficient (Wildman–Crippen LogP) is 5.59. The Kier molecular flexibility index (Phi) is 9.88. The zero-order chi connectivity index (χ0) is 12.9. The van der Waals surface area contributed by atoms with Crippen molar-refractivity contribution in [3.8, 4) is 0 Å². The van der Waals surface area contributed by atoms with Crippen molar-refractivity contribution in [3.05, 3.63) is 12.2 Å². The number of rotatable bonds is 0. The van der Waals surface area contributed by atoms with Gasteiger partial charge in [0.2, 0.25) is 0 Å². The van der Waals surface area contributed by atoms with Crippen LogP contribution < -0.4 is 0 Å². The molecular weight excluding hydrogens is 220 g/mol. The Morgan fingerprint density at radius 3 is 1.56 bits per heavy atom. The maximum absolute atomic E-state index is 11.6. The van der Waals surface area contributed by atoms with Crippen LogP contribution in [0.4, 0.5) is 0 Å². The van der Waals surface area contributed by atoms with Crippen LogP contribution in [0.2, 0.25) is 0 Å². The second-order valence-electron chi connectivity index (χ2n) is 5.62. The maximum atomic E-state index is 11.6. The lowest BCUT2D eigenvalue weighted by Gasteiger charge is -2.02. The van der Waals surface area contributed by atoms with Crippen LogP contribution in [0.15, 0.2) is 12.2 Å². The van der Waals surface area contributed by atoms with E-state index in [2.05, 4.69) is 12.2 Å². The molecule has 1 heteroatoms. The Morgan fingerprint density at radius 2 is 0.944 bits per heavy atom. The molecule has 0 atom stereocenters. The zero-order valence-electron chi connectivity index (χ0n) is 12.0. The van der Waals surface area contributed by atoms with E-state index < -0.39 is 0 Å². The third kappa shape index (κ3) is 9.44. The smallest absolute Gasteiger partial charge is 0.132 e. The van der Waals surface area contributed by atoms with Crippen molar-refractivity contribution in [3.63, 3.8) is 0 Å². The van der Waals surface area contributed by atoms with Gasteiger partial charge in [-0.2, -0.15) is 0 Å².